The van der Waals surface area contributed by atoms with E-state index in [1.165, 1.54) is 5.57 Å². The Morgan fingerprint density at radius 1 is 1.23 bits per heavy atom. The zero-order valence-electron chi connectivity index (χ0n) is 17.5. The van der Waals surface area contributed by atoms with Crippen LogP contribution in [-0.2, 0) is 11.8 Å². The Morgan fingerprint density at radius 2 is 1.85 bits per heavy atom. The van der Waals surface area contributed by atoms with Gasteiger partial charge in [0.1, 0.15) is 5.75 Å². The molecule has 0 heterocycles. The Labute approximate surface area is 158 Å². The first-order chi connectivity index (χ1) is 12.0. The van der Waals surface area contributed by atoms with Crippen molar-refractivity contribution in [3.05, 3.63) is 58.2 Å². The van der Waals surface area contributed by atoms with Gasteiger partial charge < -0.3 is 4.74 Å². The molecule has 1 aliphatic rings. The van der Waals surface area contributed by atoms with Crippen molar-refractivity contribution in [2.75, 3.05) is 7.11 Å². The van der Waals surface area contributed by atoms with Gasteiger partial charge in [-0.25, -0.2) is 0 Å². The van der Waals surface area contributed by atoms with Crippen molar-refractivity contribution in [1.29, 1.82) is 0 Å². The van der Waals surface area contributed by atoms with Crippen molar-refractivity contribution in [1.82, 2.24) is 0 Å². The van der Waals surface area contributed by atoms with E-state index in [1.54, 1.807) is 7.11 Å². The number of methoxy groups -OCH3 is 1. The Balaban J connectivity index is 2.77. The summed E-state index contributed by atoms with van der Waals surface area (Å²) in [6.07, 6.45) is 4.98. The zero-order valence-corrected chi connectivity index (χ0v) is 17.5. The summed E-state index contributed by atoms with van der Waals surface area (Å²) in [5.74, 6) is 1.09. The molecule has 0 aromatic heterocycles. The van der Waals surface area contributed by atoms with Crippen LogP contribution in [0.5, 0.6) is 5.75 Å². The summed E-state index contributed by atoms with van der Waals surface area (Å²) in [4.78, 5) is 12.7. The van der Waals surface area contributed by atoms with Crippen molar-refractivity contribution in [2.24, 2.45) is 5.92 Å². The largest absolute Gasteiger partial charge is 0.496 e. The van der Waals surface area contributed by atoms with Gasteiger partial charge in [0.05, 0.1) is 7.11 Å². The quantitative estimate of drug-likeness (QED) is 0.595. The first kappa shape index (κ1) is 20.2. The SMILES string of the molecule is C=C(/C=C(/C)C=C(C)C)c1c2c(cc(C(C)(C)C)c1OC)C(=O)C(C)C2. The van der Waals surface area contributed by atoms with Crippen molar-refractivity contribution in [3.8, 4) is 5.75 Å². The van der Waals surface area contributed by atoms with Gasteiger partial charge in [0.15, 0.2) is 5.78 Å². The molecule has 0 aliphatic heterocycles. The van der Waals surface area contributed by atoms with E-state index in [4.69, 9.17) is 4.74 Å². The highest BCUT2D eigenvalue weighted by Gasteiger charge is 2.34. The van der Waals surface area contributed by atoms with Gasteiger partial charge in [-0.1, -0.05) is 57.6 Å². The van der Waals surface area contributed by atoms with Crippen LogP contribution in [0, 0.1) is 5.92 Å². The molecular weight excluding hydrogens is 320 g/mol. The average Bonchev–Trinajstić information content (AvgIpc) is 2.78. The molecule has 1 aromatic rings. The van der Waals surface area contributed by atoms with E-state index in [0.717, 1.165) is 45.6 Å². The standard InChI is InChI=1S/C24H32O2/c1-14(2)10-15(3)11-16(4)21-18-12-17(5)22(25)19(18)13-20(23(21)26-9)24(6,7)8/h10-11,13,17H,4,12H2,1-3,5-9H3/b15-11-. The molecule has 0 amide bonds. The molecular formula is C24H32O2. The van der Waals surface area contributed by atoms with Crippen LogP contribution in [0.4, 0.5) is 0 Å². The lowest BCUT2D eigenvalue weighted by Gasteiger charge is -2.26. The van der Waals surface area contributed by atoms with Crippen LogP contribution in [0.1, 0.15) is 75.5 Å². The number of rotatable bonds is 4. The van der Waals surface area contributed by atoms with Gasteiger partial charge in [0.25, 0.3) is 0 Å². The first-order valence-corrected chi connectivity index (χ1v) is 9.28. The van der Waals surface area contributed by atoms with Crippen LogP contribution < -0.4 is 4.74 Å². The summed E-state index contributed by atoms with van der Waals surface area (Å²) in [5, 5.41) is 0. The summed E-state index contributed by atoms with van der Waals surface area (Å²) >= 11 is 0. The number of fused-ring (bicyclic) bond motifs is 1. The van der Waals surface area contributed by atoms with Crippen LogP contribution >= 0.6 is 0 Å². The Kier molecular flexibility index (Phi) is 5.65. The number of ketones is 1. The molecule has 1 unspecified atom stereocenters. The molecule has 1 atom stereocenters. The number of allylic oxidation sites excluding steroid dienone is 5. The van der Waals surface area contributed by atoms with Gasteiger partial charge in [0, 0.05) is 22.6 Å². The van der Waals surface area contributed by atoms with Gasteiger partial charge in [-0.05, 0) is 49.8 Å². The molecule has 0 spiro atoms. The second-order valence-corrected chi connectivity index (χ2v) is 8.71. The van der Waals surface area contributed by atoms with Crippen LogP contribution in [0.2, 0.25) is 0 Å². The third kappa shape index (κ3) is 3.85. The van der Waals surface area contributed by atoms with Crippen molar-refractivity contribution in [2.45, 2.75) is 60.3 Å². The normalized spacial score (nSPS) is 17.2. The Bertz CT molecular complexity index is 810. The molecule has 0 bridgehead atoms. The fraction of sp³-hybridized carbons (Fsp3) is 0.458. The van der Waals surface area contributed by atoms with E-state index >= 15 is 0 Å². The number of carbonyl (C=O) groups is 1. The minimum absolute atomic E-state index is 0.0133. The van der Waals surface area contributed by atoms with Gasteiger partial charge in [0.2, 0.25) is 0 Å². The molecule has 2 rings (SSSR count). The summed E-state index contributed by atoms with van der Waals surface area (Å²) in [6.45, 7) is 19.0. The molecule has 0 N–H and O–H groups in total. The maximum Gasteiger partial charge on any atom is 0.166 e. The molecule has 1 aliphatic carbocycles. The lowest BCUT2D eigenvalue weighted by atomic mass is 9.81. The molecule has 0 radical (unpaired) electrons. The Hall–Kier alpha value is -2.09. The topological polar surface area (TPSA) is 26.3 Å². The van der Waals surface area contributed by atoms with Gasteiger partial charge in [-0.2, -0.15) is 0 Å². The van der Waals surface area contributed by atoms with E-state index in [9.17, 15) is 4.79 Å². The van der Waals surface area contributed by atoms with Crippen molar-refractivity contribution < 1.29 is 9.53 Å². The number of hydrogen-bond acceptors (Lipinski definition) is 2. The van der Waals surface area contributed by atoms with E-state index < -0.39 is 0 Å². The molecule has 2 nitrogen and oxygen atoms in total. The molecule has 1 aromatic carbocycles. The summed E-state index contributed by atoms with van der Waals surface area (Å²) in [6, 6.07) is 2.05. The molecule has 0 saturated carbocycles. The molecule has 140 valence electrons. The van der Waals surface area contributed by atoms with Gasteiger partial charge >= 0.3 is 0 Å². The monoisotopic (exact) mass is 352 g/mol. The minimum atomic E-state index is -0.125. The minimum Gasteiger partial charge on any atom is -0.496 e. The molecule has 0 saturated heterocycles. The predicted octanol–water partition coefficient (Wildman–Crippen LogP) is 6.29. The van der Waals surface area contributed by atoms with Gasteiger partial charge in [-0.15, -0.1) is 0 Å². The number of ether oxygens (including phenoxy) is 1. The lowest BCUT2D eigenvalue weighted by molar-refractivity contribution is 0.0946. The highest BCUT2D eigenvalue weighted by molar-refractivity contribution is 6.04. The number of benzene rings is 1. The van der Waals surface area contributed by atoms with Gasteiger partial charge in [-0.3, -0.25) is 4.79 Å². The van der Waals surface area contributed by atoms with Crippen LogP contribution in [0.3, 0.4) is 0 Å². The third-order valence-corrected chi connectivity index (χ3v) is 4.86. The van der Waals surface area contributed by atoms with E-state index in [1.807, 2.05) is 13.0 Å². The second kappa shape index (κ2) is 7.26. The van der Waals surface area contributed by atoms with Crippen LogP contribution in [-0.4, -0.2) is 12.9 Å². The maximum absolute atomic E-state index is 12.7. The molecule has 26 heavy (non-hydrogen) atoms. The third-order valence-electron chi connectivity index (χ3n) is 4.86. The molecule has 0 fully saturated rings. The smallest absolute Gasteiger partial charge is 0.166 e. The fourth-order valence-corrected chi connectivity index (χ4v) is 3.75. The van der Waals surface area contributed by atoms with Crippen LogP contribution in [0.15, 0.2) is 35.9 Å². The molecule has 2 heteroatoms. The highest BCUT2D eigenvalue weighted by atomic mass is 16.5. The zero-order chi connectivity index (χ0) is 19.8. The summed E-state index contributed by atoms with van der Waals surface area (Å²) in [5.41, 5.74) is 7.15. The highest BCUT2D eigenvalue weighted by Crippen LogP contribution is 2.44. The van der Waals surface area contributed by atoms with Crippen molar-refractivity contribution in [3.63, 3.8) is 0 Å². The summed E-state index contributed by atoms with van der Waals surface area (Å²) < 4.78 is 5.87. The van der Waals surface area contributed by atoms with E-state index in [0.29, 0.717) is 0 Å². The number of hydrogen-bond donors (Lipinski definition) is 0. The second-order valence-electron chi connectivity index (χ2n) is 8.71. The number of Topliss-reactive ketones (excluding diaryl/α,β-unsaturated/α-hetero) is 1. The first-order valence-electron chi connectivity index (χ1n) is 9.28. The number of carbonyl (C=O) groups excluding carboxylic acids is 1. The predicted molar refractivity (Wildman–Crippen MR) is 111 cm³/mol. The Morgan fingerprint density at radius 3 is 2.35 bits per heavy atom. The van der Waals surface area contributed by atoms with Crippen molar-refractivity contribution >= 4 is 11.4 Å². The average molecular weight is 353 g/mol. The van der Waals surface area contributed by atoms with E-state index in [2.05, 4.69) is 60.3 Å². The lowest BCUT2D eigenvalue weighted by Crippen LogP contribution is -2.16. The summed E-state index contributed by atoms with van der Waals surface area (Å²) in [7, 11) is 1.71. The van der Waals surface area contributed by atoms with E-state index in [-0.39, 0.29) is 17.1 Å². The maximum atomic E-state index is 12.7. The fourth-order valence-electron chi connectivity index (χ4n) is 3.75. The van der Waals surface area contributed by atoms with Crippen LogP contribution in [0.25, 0.3) is 5.57 Å².